The second-order valence-corrected chi connectivity index (χ2v) is 6.96. The predicted octanol–water partition coefficient (Wildman–Crippen LogP) is 4.62. The van der Waals surface area contributed by atoms with Crippen molar-refractivity contribution < 1.29 is 0 Å². The zero-order chi connectivity index (χ0) is 13.0. The number of hydrogen-bond donors (Lipinski definition) is 1. The summed E-state index contributed by atoms with van der Waals surface area (Å²) < 4.78 is 0. The molecule has 0 aromatic carbocycles. The van der Waals surface area contributed by atoms with Crippen LogP contribution in [0.15, 0.2) is 0 Å². The Kier molecular flexibility index (Phi) is 5.54. The standard InChI is InChI=1S/C17H33N/c1-4-14-9-10-16(12-14)17(18-5-2)15-8-6-7-13(3)11-15/h13-18H,4-12H2,1-3H3. The van der Waals surface area contributed by atoms with Crippen LogP contribution in [0.25, 0.3) is 0 Å². The van der Waals surface area contributed by atoms with Gasteiger partial charge in [-0.25, -0.2) is 0 Å². The molecule has 0 bridgehead atoms. The van der Waals surface area contributed by atoms with E-state index >= 15 is 0 Å². The van der Waals surface area contributed by atoms with Gasteiger partial charge < -0.3 is 5.32 Å². The molecule has 1 nitrogen and oxygen atoms in total. The minimum absolute atomic E-state index is 0.828. The molecular formula is C17H33N. The van der Waals surface area contributed by atoms with Crippen molar-refractivity contribution in [2.45, 2.75) is 78.2 Å². The minimum atomic E-state index is 0.828. The Labute approximate surface area is 114 Å². The average Bonchev–Trinajstić information content (AvgIpc) is 2.84. The zero-order valence-corrected chi connectivity index (χ0v) is 12.8. The summed E-state index contributed by atoms with van der Waals surface area (Å²) >= 11 is 0. The first-order valence-electron chi connectivity index (χ1n) is 8.47. The van der Waals surface area contributed by atoms with E-state index in [1.807, 2.05) is 0 Å². The molecule has 2 aliphatic carbocycles. The van der Waals surface area contributed by atoms with Crippen molar-refractivity contribution in [3.63, 3.8) is 0 Å². The molecule has 0 aliphatic heterocycles. The van der Waals surface area contributed by atoms with Crippen LogP contribution in [0.4, 0.5) is 0 Å². The highest BCUT2D eigenvalue weighted by Crippen LogP contribution is 2.41. The molecule has 0 spiro atoms. The SMILES string of the molecule is CCNC(C1CCCC(C)C1)C1CCC(CC)C1. The summed E-state index contributed by atoms with van der Waals surface area (Å²) in [7, 11) is 0. The van der Waals surface area contributed by atoms with Crippen molar-refractivity contribution in [3.05, 3.63) is 0 Å². The van der Waals surface area contributed by atoms with Crippen molar-refractivity contribution in [2.75, 3.05) is 6.54 Å². The molecule has 2 rings (SSSR count). The summed E-state index contributed by atoms with van der Waals surface area (Å²) in [4.78, 5) is 0. The topological polar surface area (TPSA) is 12.0 Å². The third kappa shape index (κ3) is 3.50. The fourth-order valence-electron chi connectivity index (χ4n) is 4.57. The minimum Gasteiger partial charge on any atom is -0.314 e. The van der Waals surface area contributed by atoms with Crippen LogP contribution in [0.3, 0.4) is 0 Å². The molecule has 2 fully saturated rings. The molecule has 0 amide bonds. The first-order chi connectivity index (χ1) is 8.74. The number of rotatable bonds is 5. The van der Waals surface area contributed by atoms with Crippen LogP contribution in [0.2, 0.25) is 0 Å². The second kappa shape index (κ2) is 6.93. The molecule has 18 heavy (non-hydrogen) atoms. The third-order valence-corrected chi connectivity index (χ3v) is 5.59. The molecule has 106 valence electrons. The summed E-state index contributed by atoms with van der Waals surface area (Å²) in [6.45, 7) is 8.27. The molecule has 2 aliphatic rings. The molecule has 0 radical (unpaired) electrons. The van der Waals surface area contributed by atoms with E-state index < -0.39 is 0 Å². The number of nitrogens with one attached hydrogen (secondary N) is 1. The number of hydrogen-bond acceptors (Lipinski definition) is 1. The van der Waals surface area contributed by atoms with Crippen molar-refractivity contribution >= 4 is 0 Å². The van der Waals surface area contributed by atoms with Crippen LogP contribution in [-0.4, -0.2) is 12.6 Å². The van der Waals surface area contributed by atoms with Crippen molar-refractivity contribution in [3.8, 4) is 0 Å². The molecule has 5 atom stereocenters. The van der Waals surface area contributed by atoms with Gasteiger partial charge in [0.25, 0.3) is 0 Å². The molecule has 0 heterocycles. The van der Waals surface area contributed by atoms with Crippen LogP contribution in [0, 0.1) is 23.7 Å². The van der Waals surface area contributed by atoms with Crippen LogP contribution in [-0.2, 0) is 0 Å². The monoisotopic (exact) mass is 251 g/mol. The summed E-state index contributed by atoms with van der Waals surface area (Å²) in [6, 6.07) is 0.828. The van der Waals surface area contributed by atoms with Gasteiger partial charge in [0.2, 0.25) is 0 Å². The first kappa shape index (κ1) is 14.4. The van der Waals surface area contributed by atoms with Gasteiger partial charge in [0, 0.05) is 6.04 Å². The van der Waals surface area contributed by atoms with Crippen molar-refractivity contribution in [1.82, 2.24) is 5.32 Å². The van der Waals surface area contributed by atoms with Gasteiger partial charge in [-0.05, 0) is 55.9 Å². The summed E-state index contributed by atoms with van der Waals surface area (Å²) in [6.07, 6.45) is 11.8. The quantitative estimate of drug-likeness (QED) is 0.752. The molecule has 0 aromatic rings. The fourth-order valence-corrected chi connectivity index (χ4v) is 4.57. The normalized spacial score (nSPS) is 38.8. The molecule has 1 heteroatoms. The van der Waals surface area contributed by atoms with E-state index in [1.165, 1.54) is 51.4 Å². The lowest BCUT2D eigenvalue weighted by molar-refractivity contribution is 0.177. The van der Waals surface area contributed by atoms with Gasteiger partial charge in [0.15, 0.2) is 0 Å². The Hall–Kier alpha value is -0.0400. The second-order valence-electron chi connectivity index (χ2n) is 6.96. The summed E-state index contributed by atoms with van der Waals surface area (Å²) in [5.74, 6) is 3.94. The molecule has 0 aromatic heterocycles. The highest BCUT2D eigenvalue weighted by molar-refractivity contribution is 4.90. The van der Waals surface area contributed by atoms with Crippen LogP contribution in [0.1, 0.15) is 72.1 Å². The molecule has 5 unspecified atom stereocenters. The Morgan fingerprint density at radius 2 is 1.78 bits per heavy atom. The Balaban J connectivity index is 1.94. The van der Waals surface area contributed by atoms with Gasteiger partial charge >= 0.3 is 0 Å². The van der Waals surface area contributed by atoms with E-state index in [-0.39, 0.29) is 0 Å². The van der Waals surface area contributed by atoms with Crippen LogP contribution < -0.4 is 5.32 Å². The smallest absolute Gasteiger partial charge is 0.0124 e. The molecular weight excluding hydrogens is 218 g/mol. The average molecular weight is 251 g/mol. The van der Waals surface area contributed by atoms with Gasteiger partial charge in [-0.1, -0.05) is 46.5 Å². The summed E-state index contributed by atoms with van der Waals surface area (Å²) in [5, 5.41) is 3.86. The van der Waals surface area contributed by atoms with Crippen molar-refractivity contribution in [1.29, 1.82) is 0 Å². The van der Waals surface area contributed by atoms with Gasteiger partial charge in [-0.2, -0.15) is 0 Å². The zero-order valence-electron chi connectivity index (χ0n) is 12.8. The lowest BCUT2D eigenvalue weighted by Crippen LogP contribution is -2.43. The molecule has 2 saturated carbocycles. The van der Waals surface area contributed by atoms with Gasteiger partial charge in [-0.3, -0.25) is 0 Å². The maximum absolute atomic E-state index is 3.86. The highest BCUT2D eigenvalue weighted by atomic mass is 14.9. The molecule has 1 N–H and O–H groups in total. The fraction of sp³-hybridized carbons (Fsp3) is 1.00. The van der Waals surface area contributed by atoms with E-state index in [0.717, 1.165) is 36.3 Å². The largest absolute Gasteiger partial charge is 0.314 e. The van der Waals surface area contributed by atoms with Gasteiger partial charge in [0.05, 0.1) is 0 Å². The van der Waals surface area contributed by atoms with Gasteiger partial charge in [-0.15, -0.1) is 0 Å². The van der Waals surface area contributed by atoms with E-state index in [4.69, 9.17) is 0 Å². The van der Waals surface area contributed by atoms with Crippen LogP contribution in [0.5, 0.6) is 0 Å². The lowest BCUT2D eigenvalue weighted by atomic mass is 9.74. The maximum atomic E-state index is 3.86. The maximum Gasteiger partial charge on any atom is 0.0124 e. The van der Waals surface area contributed by atoms with Crippen molar-refractivity contribution in [2.24, 2.45) is 23.7 Å². The molecule has 0 saturated heterocycles. The highest BCUT2D eigenvalue weighted by Gasteiger charge is 2.35. The third-order valence-electron chi connectivity index (χ3n) is 5.59. The Morgan fingerprint density at radius 1 is 1.00 bits per heavy atom. The van der Waals surface area contributed by atoms with E-state index in [2.05, 4.69) is 26.1 Å². The lowest BCUT2D eigenvalue weighted by Gasteiger charge is -2.37. The first-order valence-corrected chi connectivity index (χ1v) is 8.47. The van der Waals surface area contributed by atoms with Gasteiger partial charge in [0.1, 0.15) is 0 Å². The van der Waals surface area contributed by atoms with E-state index in [9.17, 15) is 0 Å². The Bertz CT molecular complexity index is 238. The predicted molar refractivity (Wildman–Crippen MR) is 79.7 cm³/mol. The van der Waals surface area contributed by atoms with Crippen LogP contribution >= 0.6 is 0 Å². The van der Waals surface area contributed by atoms with E-state index in [0.29, 0.717) is 0 Å². The van der Waals surface area contributed by atoms with E-state index in [1.54, 1.807) is 0 Å². The Morgan fingerprint density at radius 3 is 2.39 bits per heavy atom. The summed E-state index contributed by atoms with van der Waals surface area (Å²) in [5.41, 5.74) is 0.